The third-order valence-corrected chi connectivity index (χ3v) is 3.66. The van der Waals surface area contributed by atoms with Gasteiger partial charge in [-0.1, -0.05) is 12.1 Å². The molecule has 1 unspecified atom stereocenters. The summed E-state index contributed by atoms with van der Waals surface area (Å²) in [6.45, 7) is 0.974. The summed E-state index contributed by atoms with van der Waals surface area (Å²) in [4.78, 5) is 14.1. The van der Waals surface area contributed by atoms with E-state index in [-0.39, 0.29) is 25.2 Å². The van der Waals surface area contributed by atoms with Crippen molar-refractivity contribution < 1.29 is 14.6 Å². The molecular formula is C15H22N2O3. The fourth-order valence-electron chi connectivity index (χ4n) is 2.63. The van der Waals surface area contributed by atoms with Crippen LogP contribution in [-0.2, 0) is 4.79 Å². The largest absolute Gasteiger partial charge is 0.482 e. The highest BCUT2D eigenvalue weighted by molar-refractivity contribution is 5.78. The van der Waals surface area contributed by atoms with E-state index >= 15 is 0 Å². The molecule has 0 bridgehead atoms. The Bertz CT molecular complexity index is 450. The highest BCUT2D eigenvalue weighted by Crippen LogP contribution is 2.23. The molecule has 0 spiro atoms. The van der Waals surface area contributed by atoms with Crippen LogP contribution in [0.25, 0.3) is 0 Å². The molecule has 1 saturated heterocycles. The molecule has 1 aromatic carbocycles. The quantitative estimate of drug-likeness (QED) is 0.771. The highest BCUT2D eigenvalue weighted by Gasteiger charge is 2.28. The second-order valence-corrected chi connectivity index (χ2v) is 5.08. The van der Waals surface area contributed by atoms with Gasteiger partial charge in [-0.3, -0.25) is 4.79 Å². The first-order chi connectivity index (χ1) is 9.72. The maximum Gasteiger partial charge on any atom is 0.260 e. The van der Waals surface area contributed by atoms with Crippen LogP contribution in [0, 0.1) is 0 Å². The third-order valence-electron chi connectivity index (χ3n) is 3.66. The number of likely N-dealkylation sites (tertiary alicyclic amines) is 1. The molecule has 1 fully saturated rings. The van der Waals surface area contributed by atoms with Crippen molar-refractivity contribution in [3.05, 3.63) is 24.3 Å². The van der Waals surface area contributed by atoms with Crippen LogP contribution in [0.3, 0.4) is 0 Å². The summed E-state index contributed by atoms with van der Waals surface area (Å²) in [7, 11) is 0. The molecule has 1 aliphatic rings. The standard InChI is InChI=1S/C15H22N2O3/c16-13-7-1-2-8-14(13)20-11-15(19)17-9-3-5-12(17)6-4-10-18/h1-2,7-8,12,18H,3-6,9-11,16H2. The van der Waals surface area contributed by atoms with Crippen molar-refractivity contribution in [1.82, 2.24) is 4.90 Å². The first-order valence-corrected chi connectivity index (χ1v) is 7.10. The van der Waals surface area contributed by atoms with E-state index in [4.69, 9.17) is 15.6 Å². The summed E-state index contributed by atoms with van der Waals surface area (Å²) in [5, 5.41) is 8.89. The molecule has 1 amide bonds. The van der Waals surface area contributed by atoms with Gasteiger partial charge in [-0.2, -0.15) is 0 Å². The maximum atomic E-state index is 12.2. The minimum atomic E-state index is -0.00584. The highest BCUT2D eigenvalue weighted by atomic mass is 16.5. The molecular weight excluding hydrogens is 256 g/mol. The number of aliphatic hydroxyl groups is 1. The Kier molecular flexibility index (Phi) is 5.24. The second-order valence-electron chi connectivity index (χ2n) is 5.08. The van der Waals surface area contributed by atoms with Crippen LogP contribution < -0.4 is 10.5 Å². The number of carbonyl (C=O) groups excluding carboxylic acids is 1. The van der Waals surface area contributed by atoms with Crippen molar-refractivity contribution in [2.24, 2.45) is 0 Å². The number of anilines is 1. The van der Waals surface area contributed by atoms with Gasteiger partial charge in [0.15, 0.2) is 6.61 Å². The monoisotopic (exact) mass is 278 g/mol. The topological polar surface area (TPSA) is 75.8 Å². The number of rotatable bonds is 6. The van der Waals surface area contributed by atoms with E-state index in [9.17, 15) is 4.79 Å². The van der Waals surface area contributed by atoms with Gasteiger partial charge in [-0.25, -0.2) is 0 Å². The average molecular weight is 278 g/mol. The second kappa shape index (κ2) is 7.14. The number of hydrogen-bond acceptors (Lipinski definition) is 4. The zero-order valence-corrected chi connectivity index (χ0v) is 11.6. The SMILES string of the molecule is Nc1ccccc1OCC(=O)N1CCCC1CCCO. The van der Waals surface area contributed by atoms with Gasteiger partial charge in [-0.15, -0.1) is 0 Å². The maximum absolute atomic E-state index is 12.2. The van der Waals surface area contributed by atoms with Crippen molar-refractivity contribution in [3.63, 3.8) is 0 Å². The normalized spacial score (nSPS) is 18.2. The summed E-state index contributed by atoms with van der Waals surface area (Å²) in [6, 6.07) is 7.41. The van der Waals surface area contributed by atoms with Crippen LogP contribution in [0.4, 0.5) is 5.69 Å². The molecule has 2 rings (SSSR count). The van der Waals surface area contributed by atoms with Crippen molar-refractivity contribution in [2.75, 3.05) is 25.5 Å². The lowest BCUT2D eigenvalue weighted by Gasteiger charge is -2.24. The minimum Gasteiger partial charge on any atom is -0.482 e. The van der Waals surface area contributed by atoms with E-state index in [1.54, 1.807) is 12.1 Å². The van der Waals surface area contributed by atoms with Gasteiger partial charge in [-0.05, 0) is 37.8 Å². The van der Waals surface area contributed by atoms with Crippen molar-refractivity contribution in [2.45, 2.75) is 31.7 Å². The lowest BCUT2D eigenvalue weighted by molar-refractivity contribution is -0.134. The summed E-state index contributed by atoms with van der Waals surface area (Å²) < 4.78 is 5.50. The van der Waals surface area contributed by atoms with Gasteiger partial charge in [0.2, 0.25) is 0 Å². The van der Waals surface area contributed by atoms with E-state index in [0.29, 0.717) is 11.4 Å². The van der Waals surface area contributed by atoms with Crippen LogP contribution >= 0.6 is 0 Å². The molecule has 1 heterocycles. The Hall–Kier alpha value is -1.75. The molecule has 5 heteroatoms. The molecule has 0 saturated carbocycles. The lowest BCUT2D eigenvalue weighted by atomic mass is 10.1. The number of ether oxygens (including phenoxy) is 1. The van der Waals surface area contributed by atoms with Gasteiger partial charge >= 0.3 is 0 Å². The number of carbonyl (C=O) groups is 1. The van der Waals surface area contributed by atoms with E-state index in [2.05, 4.69) is 0 Å². The van der Waals surface area contributed by atoms with Crippen LogP contribution in [0.5, 0.6) is 5.75 Å². The van der Waals surface area contributed by atoms with E-state index in [0.717, 1.165) is 32.2 Å². The zero-order valence-electron chi connectivity index (χ0n) is 11.6. The number of para-hydroxylation sites is 2. The predicted molar refractivity (Wildman–Crippen MR) is 77.4 cm³/mol. The fourth-order valence-corrected chi connectivity index (χ4v) is 2.63. The van der Waals surface area contributed by atoms with Crippen LogP contribution in [0.15, 0.2) is 24.3 Å². The first kappa shape index (κ1) is 14.7. The predicted octanol–water partition coefficient (Wildman–Crippen LogP) is 1.41. The molecule has 110 valence electrons. The molecule has 3 N–H and O–H groups in total. The summed E-state index contributed by atoms with van der Waals surface area (Å²) in [5.41, 5.74) is 6.32. The minimum absolute atomic E-state index is 0.00584. The first-order valence-electron chi connectivity index (χ1n) is 7.10. The number of aliphatic hydroxyl groups excluding tert-OH is 1. The van der Waals surface area contributed by atoms with Crippen LogP contribution in [0.2, 0.25) is 0 Å². The van der Waals surface area contributed by atoms with E-state index in [1.807, 2.05) is 17.0 Å². The van der Waals surface area contributed by atoms with Gasteiger partial charge in [0.25, 0.3) is 5.91 Å². The van der Waals surface area contributed by atoms with Gasteiger partial charge in [0.1, 0.15) is 5.75 Å². The van der Waals surface area contributed by atoms with Crippen molar-refractivity contribution in [1.29, 1.82) is 0 Å². The Morgan fingerprint density at radius 3 is 3.00 bits per heavy atom. The third kappa shape index (κ3) is 3.63. The van der Waals surface area contributed by atoms with Gasteiger partial charge in [0, 0.05) is 19.2 Å². The molecule has 5 nitrogen and oxygen atoms in total. The molecule has 20 heavy (non-hydrogen) atoms. The number of nitrogen functional groups attached to an aromatic ring is 1. The number of hydrogen-bond donors (Lipinski definition) is 2. The van der Waals surface area contributed by atoms with Crippen molar-refractivity contribution in [3.8, 4) is 5.75 Å². The van der Waals surface area contributed by atoms with Crippen LogP contribution in [0.1, 0.15) is 25.7 Å². The number of benzene rings is 1. The molecule has 1 atom stereocenters. The average Bonchev–Trinajstić information content (AvgIpc) is 2.92. The summed E-state index contributed by atoms with van der Waals surface area (Å²) >= 11 is 0. The zero-order chi connectivity index (χ0) is 14.4. The number of nitrogens with two attached hydrogens (primary N) is 1. The van der Waals surface area contributed by atoms with Gasteiger partial charge < -0.3 is 20.5 Å². The van der Waals surface area contributed by atoms with E-state index in [1.165, 1.54) is 0 Å². The summed E-state index contributed by atoms with van der Waals surface area (Å²) in [5.74, 6) is 0.542. The smallest absolute Gasteiger partial charge is 0.260 e. The van der Waals surface area contributed by atoms with E-state index < -0.39 is 0 Å². The Labute approximate surface area is 119 Å². The molecule has 0 aromatic heterocycles. The molecule has 1 aliphatic heterocycles. The van der Waals surface area contributed by atoms with Crippen molar-refractivity contribution >= 4 is 11.6 Å². The Morgan fingerprint density at radius 2 is 2.25 bits per heavy atom. The molecule has 0 aliphatic carbocycles. The Balaban J connectivity index is 1.86. The lowest BCUT2D eigenvalue weighted by Crippen LogP contribution is -2.38. The molecule has 1 aromatic rings. The number of nitrogens with zero attached hydrogens (tertiary/aromatic N) is 1. The van der Waals surface area contributed by atoms with Gasteiger partial charge in [0.05, 0.1) is 5.69 Å². The summed E-state index contributed by atoms with van der Waals surface area (Å²) in [6.07, 6.45) is 3.63. The fraction of sp³-hybridized carbons (Fsp3) is 0.533. The number of amides is 1. The van der Waals surface area contributed by atoms with Crippen LogP contribution in [-0.4, -0.2) is 41.7 Å². The Morgan fingerprint density at radius 1 is 1.45 bits per heavy atom. The molecule has 0 radical (unpaired) electrons.